The van der Waals surface area contributed by atoms with E-state index in [1.807, 2.05) is 37.5 Å². The Morgan fingerprint density at radius 3 is 2.97 bits per heavy atom. The Labute approximate surface area is 203 Å². The third kappa shape index (κ3) is 4.46. The molecule has 0 amide bonds. The van der Waals surface area contributed by atoms with Crippen LogP contribution >= 0.6 is 0 Å². The number of nitrogens with one attached hydrogen (secondary N) is 2. The SMILES string of the molecule is CNc1ncc2c3cc(ncc13)Nc1cccc(n1)OC[C@H]1CCCN1Cc1ccnc(c1)C#C2. The van der Waals surface area contributed by atoms with Crippen LogP contribution in [0, 0.1) is 11.8 Å². The highest BCUT2D eigenvalue weighted by atomic mass is 16.5. The van der Waals surface area contributed by atoms with Crippen LogP contribution in [-0.4, -0.2) is 51.1 Å². The van der Waals surface area contributed by atoms with E-state index in [0.717, 1.165) is 53.8 Å². The molecule has 2 aliphatic heterocycles. The minimum Gasteiger partial charge on any atom is -0.476 e. The summed E-state index contributed by atoms with van der Waals surface area (Å²) in [6.45, 7) is 2.50. The summed E-state index contributed by atoms with van der Waals surface area (Å²) in [5, 5.41) is 8.28. The zero-order chi connectivity index (χ0) is 23.6. The summed E-state index contributed by atoms with van der Waals surface area (Å²) in [5.41, 5.74) is 2.75. The van der Waals surface area contributed by atoms with E-state index in [1.165, 1.54) is 5.56 Å². The van der Waals surface area contributed by atoms with E-state index in [-0.39, 0.29) is 0 Å². The van der Waals surface area contributed by atoms with Crippen molar-refractivity contribution in [3.63, 3.8) is 0 Å². The molecule has 1 fully saturated rings. The van der Waals surface area contributed by atoms with Crippen LogP contribution in [0.15, 0.2) is 55.0 Å². The fraction of sp³-hybridized carbons (Fsp3) is 0.259. The summed E-state index contributed by atoms with van der Waals surface area (Å²) in [6, 6.07) is 12.2. The first-order valence-electron chi connectivity index (χ1n) is 11.8. The van der Waals surface area contributed by atoms with E-state index in [4.69, 9.17) is 4.74 Å². The van der Waals surface area contributed by atoms with Crippen LogP contribution in [-0.2, 0) is 6.54 Å². The van der Waals surface area contributed by atoms with E-state index >= 15 is 0 Å². The third-order valence-electron chi connectivity index (χ3n) is 6.45. The van der Waals surface area contributed by atoms with Gasteiger partial charge in [-0.15, -0.1) is 0 Å². The van der Waals surface area contributed by atoms with Gasteiger partial charge in [-0.25, -0.2) is 15.0 Å². The maximum absolute atomic E-state index is 6.13. The molecule has 4 aromatic rings. The second-order valence-electron chi connectivity index (χ2n) is 8.75. The molecule has 0 aliphatic carbocycles. The minimum absolute atomic E-state index is 0.346. The number of anilines is 3. The van der Waals surface area contributed by atoms with Crippen molar-refractivity contribution in [2.75, 3.05) is 30.8 Å². The lowest BCUT2D eigenvalue weighted by molar-refractivity contribution is 0.163. The number of nitrogens with zero attached hydrogens (tertiary/aromatic N) is 5. The molecule has 2 N–H and O–H groups in total. The Morgan fingerprint density at radius 1 is 1.06 bits per heavy atom. The highest BCUT2D eigenvalue weighted by Crippen LogP contribution is 2.27. The molecule has 0 spiro atoms. The number of aromatic nitrogens is 4. The molecule has 8 heteroatoms. The van der Waals surface area contributed by atoms with E-state index in [1.54, 1.807) is 12.4 Å². The smallest absolute Gasteiger partial charge is 0.215 e. The van der Waals surface area contributed by atoms with Gasteiger partial charge >= 0.3 is 0 Å². The van der Waals surface area contributed by atoms with Gasteiger partial charge in [-0.05, 0) is 55.1 Å². The Bertz CT molecular complexity index is 1460. The molecule has 1 atom stereocenters. The van der Waals surface area contributed by atoms with Crippen molar-refractivity contribution in [1.29, 1.82) is 0 Å². The molecule has 0 unspecified atom stereocenters. The number of hydrogen-bond acceptors (Lipinski definition) is 8. The van der Waals surface area contributed by atoms with Gasteiger partial charge in [-0.1, -0.05) is 12.0 Å². The number of fused-ring (bicyclic) bond motifs is 6. The summed E-state index contributed by atoms with van der Waals surface area (Å²) < 4.78 is 6.13. The first-order chi connectivity index (χ1) is 17.2. The van der Waals surface area contributed by atoms with Gasteiger partial charge in [0, 0.05) is 55.1 Å². The van der Waals surface area contributed by atoms with Crippen molar-refractivity contribution < 1.29 is 4.74 Å². The Kier molecular flexibility index (Phi) is 5.60. The van der Waals surface area contributed by atoms with Crippen LogP contribution in [0.3, 0.4) is 0 Å². The van der Waals surface area contributed by atoms with Crippen molar-refractivity contribution in [3.8, 4) is 17.7 Å². The molecule has 6 bridgehead atoms. The van der Waals surface area contributed by atoms with Crippen LogP contribution in [0.25, 0.3) is 10.8 Å². The number of rotatable bonds is 1. The monoisotopic (exact) mass is 463 g/mol. The van der Waals surface area contributed by atoms with Crippen molar-refractivity contribution in [2.45, 2.75) is 25.4 Å². The maximum atomic E-state index is 6.13. The molecule has 4 aromatic heterocycles. The largest absolute Gasteiger partial charge is 0.476 e. The van der Waals surface area contributed by atoms with Gasteiger partial charge in [-0.3, -0.25) is 4.90 Å². The van der Waals surface area contributed by atoms with Crippen molar-refractivity contribution >= 4 is 28.2 Å². The lowest BCUT2D eigenvalue weighted by Crippen LogP contribution is -2.33. The molecule has 0 radical (unpaired) electrons. The fourth-order valence-corrected chi connectivity index (χ4v) is 4.68. The molecule has 2 aliphatic rings. The molecular formula is C27H25N7O. The molecule has 0 aromatic carbocycles. The quantitative estimate of drug-likeness (QED) is 0.410. The molecule has 35 heavy (non-hydrogen) atoms. The standard InChI is InChI=1S/C27H25N7O/c1-28-27-23-15-30-25-13-22(23)19(14-31-27)7-8-20-12-18(9-10-29-20)16-34-11-3-4-21(34)17-35-26-6-2-5-24(32-25)33-26/h2,5-6,9-10,12-15,21H,3-4,11,16-17H2,1H3,(H,28,31)(H,30,32,33)/t21-/m1/s1. The van der Waals surface area contributed by atoms with Gasteiger partial charge in [0.15, 0.2) is 0 Å². The summed E-state index contributed by atoms with van der Waals surface area (Å²) in [7, 11) is 1.85. The molecule has 0 saturated carbocycles. The molecule has 6 rings (SSSR count). The summed E-state index contributed by atoms with van der Waals surface area (Å²) >= 11 is 0. The molecule has 1 saturated heterocycles. The van der Waals surface area contributed by atoms with Crippen LogP contribution in [0.2, 0.25) is 0 Å². The summed E-state index contributed by atoms with van der Waals surface area (Å²) in [5.74, 6) is 9.22. The zero-order valence-electron chi connectivity index (χ0n) is 19.5. The van der Waals surface area contributed by atoms with Crippen molar-refractivity contribution in [1.82, 2.24) is 24.8 Å². The highest BCUT2D eigenvalue weighted by molar-refractivity contribution is 5.96. The molecule has 6 heterocycles. The first kappa shape index (κ1) is 21.3. The Balaban J connectivity index is 1.47. The second-order valence-corrected chi connectivity index (χ2v) is 8.75. The summed E-state index contributed by atoms with van der Waals surface area (Å²) in [6.07, 6.45) is 7.69. The number of pyridine rings is 4. The third-order valence-corrected chi connectivity index (χ3v) is 6.45. The average molecular weight is 464 g/mol. The molecule has 8 nitrogen and oxygen atoms in total. The van der Waals surface area contributed by atoms with Crippen LogP contribution in [0.1, 0.15) is 29.7 Å². The first-order valence-corrected chi connectivity index (χ1v) is 11.8. The van der Waals surface area contributed by atoms with Gasteiger partial charge in [0.1, 0.15) is 29.8 Å². The Hall–Kier alpha value is -4.22. The topological polar surface area (TPSA) is 88.1 Å². The van der Waals surface area contributed by atoms with E-state index in [0.29, 0.717) is 30.2 Å². The van der Waals surface area contributed by atoms with Gasteiger partial charge in [-0.2, -0.15) is 4.98 Å². The van der Waals surface area contributed by atoms with E-state index in [2.05, 4.69) is 59.4 Å². The zero-order valence-corrected chi connectivity index (χ0v) is 19.5. The van der Waals surface area contributed by atoms with Crippen LogP contribution in [0.5, 0.6) is 5.88 Å². The Morgan fingerprint density at radius 2 is 2.03 bits per heavy atom. The van der Waals surface area contributed by atoms with Gasteiger partial charge < -0.3 is 15.4 Å². The van der Waals surface area contributed by atoms with Gasteiger partial charge in [0.25, 0.3) is 0 Å². The second kappa shape index (κ2) is 9.20. The molecular weight excluding hydrogens is 438 g/mol. The number of hydrogen-bond donors (Lipinski definition) is 2. The fourth-order valence-electron chi connectivity index (χ4n) is 4.68. The molecule has 174 valence electrons. The lowest BCUT2D eigenvalue weighted by atomic mass is 10.1. The minimum atomic E-state index is 0.346. The van der Waals surface area contributed by atoms with Crippen molar-refractivity contribution in [3.05, 3.63) is 71.8 Å². The van der Waals surface area contributed by atoms with Gasteiger partial charge in [0.05, 0.1) is 5.56 Å². The van der Waals surface area contributed by atoms with E-state index in [9.17, 15) is 0 Å². The van der Waals surface area contributed by atoms with E-state index < -0.39 is 0 Å². The highest BCUT2D eigenvalue weighted by Gasteiger charge is 2.25. The number of ether oxygens (including phenoxy) is 1. The van der Waals surface area contributed by atoms with Crippen LogP contribution < -0.4 is 15.4 Å². The average Bonchev–Trinajstić information content (AvgIpc) is 3.32. The normalized spacial score (nSPS) is 17.3. The van der Waals surface area contributed by atoms with Crippen LogP contribution in [0.4, 0.5) is 17.5 Å². The lowest BCUT2D eigenvalue weighted by Gasteiger charge is -2.24. The van der Waals surface area contributed by atoms with Crippen molar-refractivity contribution in [2.24, 2.45) is 0 Å². The summed E-state index contributed by atoms with van der Waals surface area (Å²) in [4.78, 5) is 20.7. The predicted molar refractivity (Wildman–Crippen MR) is 136 cm³/mol. The predicted octanol–water partition coefficient (Wildman–Crippen LogP) is 3.96. The van der Waals surface area contributed by atoms with Gasteiger partial charge in [0.2, 0.25) is 5.88 Å². The maximum Gasteiger partial charge on any atom is 0.215 e.